The number of aliphatic hydroxyl groups excluding tert-OH is 1. The molecule has 1 N–H and O–H groups in total. The second-order valence-corrected chi connectivity index (χ2v) is 4.80. The summed E-state index contributed by atoms with van der Waals surface area (Å²) in [7, 11) is 0. The third-order valence-electron chi connectivity index (χ3n) is 3.34. The quantitative estimate of drug-likeness (QED) is 0.849. The van der Waals surface area contributed by atoms with Gasteiger partial charge in [0.15, 0.2) is 0 Å². The van der Waals surface area contributed by atoms with Crippen molar-refractivity contribution in [3.8, 4) is 17.6 Å². The lowest BCUT2D eigenvalue weighted by atomic mass is 10.2. The second kappa shape index (κ2) is 7.99. The van der Waals surface area contributed by atoms with Gasteiger partial charge in [-0.3, -0.25) is 4.90 Å². The molecule has 21 heavy (non-hydrogen) atoms. The van der Waals surface area contributed by atoms with Crippen molar-refractivity contribution in [3.05, 3.63) is 29.6 Å². The molecule has 0 saturated carbocycles. The van der Waals surface area contributed by atoms with Crippen molar-refractivity contribution in [1.82, 2.24) is 4.90 Å². The molecule has 1 unspecified atom stereocenters. The van der Waals surface area contributed by atoms with E-state index in [1.165, 1.54) is 12.1 Å². The van der Waals surface area contributed by atoms with Gasteiger partial charge in [0, 0.05) is 19.2 Å². The minimum absolute atomic E-state index is 0.0272. The van der Waals surface area contributed by atoms with Crippen molar-refractivity contribution in [2.45, 2.75) is 13.0 Å². The third kappa shape index (κ3) is 4.71. The van der Waals surface area contributed by atoms with Gasteiger partial charge in [-0.05, 0) is 18.7 Å². The Bertz CT molecular complexity index is 524. The van der Waals surface area contributed by atoms with Gasteiger partial charge < -0.3 is 14.6 Å². The molecule has 0 amide bonds. The van der Waals surface area contributed by atoms with Gasteiger partial charge in [-0.2, -0.15) is 0 Å². The number of morpholine rings is 1. The molecule has 1 aliphatic rings. The summed E-state index contributed by atoms with van der Waals surface area (Å²) in [6.45, 7) is 5.62. The predicted molar refractivity (Wildman–Crippen MR) is 77.7 cm³/mol. The van der Waals surface area contributed by atoms with Crippen molar-refractivity contribution in [2.75, 3.05) is 39.5 Å². The highest BCUT2D eigenvalue weighted by Crippen LogP contribution is 2.20. The van der Waals surface area contributed by atoms with Crippen LogP contribution in [0.1, 0.15) is 12.5 Å². The normalized spacial score (nSPS) is 18.9. The first-order valence-electron chi connectivity index (χ1n) is 7.09. The topological polar surface area (TPSA) is 41.9 Å². The van der Waals surface area contributed by atoms with E-state index in [4.69, 9.17) is 14.6 Å². The van der Waals surface area contributed by atoms with Crippen LogP contribution in [0, 0.1) is 17.7 Å². The summed E-state index contributed by atoms with van der Waals surface area (Å²) in [5, 5.41) is 8.75. The molecule has 114 valence electrons. The molecule has 4 nitrogen and oxygen atoms in total. The fourth-order valence-electron chi connectivity index (χ4n) is 2.20. The molecule has 0 aromatic heterocycles. The van der Waals surface area contributed by atoms with E-state index in [2.05, 4.69) is 23.7 Å². The molecule has 1 saturated heterocycles. The van der Waals surface area contributed by atoms with Gasteiger partial charge in [0.2, 0.25) is 0 Å². The van der Waals surface area contributed by atoms with E-state index >= 15 is 0 Å². The van der Waals surface area contributed by atoms with E-state index in [9.17, 15) is 4.39 Å². The summed E-state index contributed by atoms with van der Waals surface area (Å²) in [6, 6.07) is 4.18. The number of hydrogen-bond donors (Lipinski definition) is 1. The molecule has 1 aromatic carbocycles. The monoisotopic (exact) mass is 293 g/mol. The summed E-state index contributed by atoms with van der Waals surface area (Å²) < 4.78 is 24.7. The van der Waals surface area contributed by atoms with Crippen molar-refractivity contribution < 1.29 is 19.0 Å². The number of nitrogens with zero attached hydrogens (tertiary/aromatic N) is 1. The Morgan fingerprint density at radius 3 is 3.14 bits per heavy atom. The maximum absolute atomic E-state index is 13.3. The van der Waals surface area contributed by atoms with Crippen LogP contribution in [0.4, 0.5) is 4.39 Å². The third-order valence-corrected chi connectivity index (χ3v) is 3.34. The molecule has 0 aliphatic carbocycles. The molecular formula is C16H20FNO3. The van der Waals surface area contributed by atoms with Crippen LogP contribution in [0.25, 0.3) is 0 Å². The van der Waals surface area contributed by atoms with Gasteiger partial charge >= 0.3 is 0 Å². The van der Waals surface area contributed by atoms with E-state index in [-0.39, 0.29) is 18.5 Å². The van der Waals surface area contributed by atoms with Crippen molar-refractivity contribution in [1.29, 1.82) is 0 Å². The van der Waals surface area contributed by atoms with E-state index in [1.807, 2.05) is 0 Å². The number of likely N-dealkylation sites (N-methyl/N-ethyl adjacent to an activating group) is 1. The lowest BCUT2D eigenvalue weighted by molar-refractivity contribution is -0.0464. The summed E-state index contributed by atoms with van der Waals surface area (Å²) >= 11 is 0. The van der Waals surface area contributed by atoms with Crippen molar-refractivity contribution in [3.63, 3.8) is 0 Å². The Balaban J connectivity index is 2.00. The largest absolute Gasteiger partial charge is 0.489 e. The maximum Gasteiger partial charge on any atom is 0.137 e. The zero-order chi connectivity index (χ0) is 15.1. The molecule has 0 spiro atoms. The van der Waals surface area contributed by atoms with E-state index in [0.717, 1.165) is 19.6 Å². The SMILES string of the molecule is CCN1CCOC(COc2cc(F)ccc2C#CCO)C1. The summed E-state index contributed by atoms with van der Waals surface area (Å²) in [4.78, 5) is 2.29. The zero-order valence-electron chi connectivity index (χ0n) is 12.1. The van der Waals surface area contributed by atoms with Crippen LogP contribution in [-0.4, -0.2) is 55.6 Å². The number of halogens is 1. The number of aliphatic hydroxyl groups is 1. The Kier molecular flexibility index (Phi) is 6.00. The highest BCUT2D eigenvalue weighted by atomic mass is 19.1. The number of rotatable bonds is 4. The molecule has 5 heteroatoms. The lowest BCUT2D eigenvalue weighted by Crippen LogP contribution is -2.44. The Morgan fingerprint density at radius 1 is 1.52 bits per heavy atom. The van der Waals surface area contributed by atoms with Crippen LogP contribution in [0.15, 0.2) is 18.2 Å². The summed E-state index contributed by atoms with van der Waals surface area (Å²) in [5.74, 6) is 5.30. The van der Waals surface area contributed by atoms with Gasteiger partial charge in [-0.1, -0.05) is 18.8 Å². The molecule has 1 heterocycles. The molecule has 2 rings (SSSR count). The minimum atomic E-state index is -0.376. The first kappa shape index (κ1) is 15.8. The zero-order valence-corrected chi connectivity index (χ0v) is 12.1. The van der Waals surface area contributed by atoms with Crippen LogP contribution in [0.3, 0.4) is 0 Å². The van der Waals surface area contributed by atoms with E-state index < -0.39 is 0 Å². The van der Waals surface area contributed by atoms with E-state index in [0.29, 0.717) is 24.5 Å². The average Bonchev–Trinajstić information content (AvgIpc) is 2.52. The second-order valence-electron chi connectivity index (χ2n) is 4.80. The molecule has 1 atom stereocenters. The van der Waals surface area contributed by atoms with Crippen LogP contribution in [-0.2, 0) is 4.74 Å². The fraction of sp³-hybridized carbons (Fsp3) is 0.500. The first-order chi connectivity index (χ1) is 10.2. The van der Waals surface area contributed by atoms with Crippen LogP contribution < -0.4 is 4.74 Å². The minimum Gasteiger partial charge on any atom is -0.489 e. The molecule has 0 bridgehead atoms. The lowest BCUT2D eigenvalue weighted by Gasteiger charge is -2.31. The van der Waals surface area contributed by atoms with Crippen molar-refractivity contribution >= 4 is 0 Å². The standard InChI is InChI=1S/C16H20FNO3/c1-2-18-7-9-20-15(11-18)12-21-16-10-14(17)6-5-13(16)4-3-8-19/h5-6,10,15,19H,2,7-9,11-12H2,1H3. The van der Waals surface area contributed by atoms with E-state index in [1.54, 1.807) is 6.07 Å². The Labute approximate surface area is 124 Å². The molecule has 0 radical (unpaired) electrons. The molecule has 1 aliphatic heterocycles. The average molecular weight is 293 g/mol. The van der Waals surface area contributed by atoms with Crippen LogP contribution in [0.2, 0.25) is 0 Å². The number of hydrogen-bond acceptors (Lipinski definition) is 4. The van der Waals surface area contributed by atoms with Gasteiger partial charge in [-0.25, -0.2) is 4.39 Å². The summed E-state index contributed by atoms with van der Waals surface area (Å²) in [6.07, 6.45) is -0.0272. The molecule has 1 aromatic rings. The summed E-state index contributed by atoms with van der Waals surface area (Å²) in [5.41, 5.74) is 0.564. The Hall–Kier alpha value is -1.61. The number of benzene rings is 1. The maximum atomic E-state index is 13.3. The predicted octanol–water partition coefficient (Wildman–Crippen LogP) is 1.27. The smallest absolute Gasteiger partial charge is 0.137 e. The molecule has 1 fully saturated rings. The van der Waals surface area contributed by atoms with Gasteiger partial charge in [0.05, 0.1) is 12.2 Å². The van der Waals surface area contributed by atoms with Crippen LogP contribution in [0.5, 0.6) is 5.75 Å². The molecular weight excluding hydrogens is 273 g/mol. The van der Waals surface area contributed by atoms with Gasteiger partial charge in [0.1, 0.15) is 30.9 Å². The van der Waals surface area contributed by atoms with Gasteiger partial charge in [-0.15, -0.1) is 0 Å². The van der Waals surface area contributed by atoms with Crippen LogP contribution >= 0.6 is 0 Å². The number of ether oxygens (including phenoxy) is 2. The highest BCUT2D eigenvalue weighted by molar-refractivity contribution is 5.46. The van der Waals surface area contributed by atoms with Crippen molar-refractivity contribution in [2.24, 2.45) is 0 Å². The van der Waals surface area contributed by atoms with Gasteiger partial charge in [0.25, 0.3) is 0 Å². The fourth-order valence-corrected chi connectivity index (χ4v) is 2.20. The first-order valence-corrected chi connectivity index (χ1v) is 7.09. The Morgan fingerprint density at radius 2 is 2.38 bits per heavy atom. The highest BCUT2D eigenvalue weighted by Gasteiger charge is 2.20.